The van der Waals surface area contributed by atoms with Crippen LogP contribution in [-0.4, -0.2) is 48.0 Å². The predicted octanol–water partition coefficient (Wildman–Crippen LogP) is 6.00. The van der Waals surface area contributed by atoms with E-state index >= 15 is 0 Å². The summed E-state index contributed by atoms with van der Waals surface area (Å²) in [5, 5.41) is 0. The molecule has 0 aromatic heterocycles. The Morgan fingerprint density at radius 2 is 1.61 bits per heavy atom. The quantitative estimate of drug-likeness (QED) is 0.148. The summed E-state index contributed by atoms with van der Waals surface area (Å²) in [7, 11) is 0. The van der Waals surface area contributed by atoms with E-state index in [2.05, 4.69) is 19.9 Å². The van der Waals surface area contributed by atoms with Crippen LogP contribution in [0.1, 0.15) is 91.4 Å². The van der Waals surface area contributed by atoms with Gasteiger partial charge in [-0.3, -0.25) is 9.59 Å². The highest BCUT2D eigenvalue weighted by Gasteiger charge is 2.10. The maximum absolute atomic E-state index is 12.0. The van der Waals surface area contributed by atoms with Crippen LogP contribution in [0.25, 0.3) is 0 Å². The van der Waals surface area contributed by atoms with E-state index in [0.717, 1.165) is 57.4 Å². The molecular formula is C23H43NO3S. The molecule has 0 aromatic rings. The van der Waals surface area contributed by atoms with Gasteiger partial charge in [0.2, 0.25) is 5.91 Å². The second-order valence-corrected chi connectivity index (χ2v) is 8.41. The van der Waals surface area contributed by atoms with E-state index in [-0.39, 0.29) is 11.9 Å². The maximum atomic E-state index is 12.0. The van der Waals surface area contributed by atoms with Gasteiger partial charge in [-0.05, 0) is 38.4 Å². The average molecular weight is 414 g/mol. The lowest BCUT2D eigenvalue weighted by atomic mass is 10.1. The molecule has 4 nitrogen and oxygen atoms in total. The molecule has 0 aliphatic heterocycles. The second kappa shape index (κ2) is 20.8. The van der Waals surface area contributed by atoms with Crippen molar-refractivity contribution in [2.24, 2.45) is 0 Å². The first-order valence-corrected chi connectivity index (χ1v) is 12.5. The topological polar surface area (TPSA) is 46.6 Å². The first-order chi connectivity index (χ1) is 13.7. The number of hydrogen-bond donors (Lipinski definition) is 0. The number of hydrogen-bond acceptors (Lipinski definition) is 4. The molecule has 0 unspecified atom stereocenters. The normalized spacial score (nSPS) is 11.1. The molecule has 0 fully saturated rings. The highest BCUT2D eigenvalue weighted by Crippen LogP contribution is 2.09. The number of carbonyl (C=O) groups is 2. The zero-order valence-corrected chi connectivity index (χ0v) is 19.4. The zero-order valence-electron chi connectivity index (χ0n) is 18.5. The molecule has 0 atom stereocenters. The molecule has 0 saturated carbocycles. The van der Waals surface area contributed by atoms with Crippen LogP contribution in [0.2, 0.25) is 0 Å². The van der Waals surface area contributed by atoms with Crippen molar-refractivity contribution in [3.8, 4) is 0 Å². The van der Waals surface area contributed by atoms with E-state index < -0.39 is 0 Å². The molecule has 0 spiro atoms. The standard InChI is InChI=1S/C23H43NO3S/c1-4-7-8-9-10-14-17-20-27-23(26)18-15-12-11-13-16-19-24(5-2)22(25)21-28-6-3/h14,17H,4-13,15-16,18-21H2,1-3H3/b17-14-. The number of allylic oxidation sites excluding steroid dienone is 1. The summed E-state index contributed by atoms with van der Waals surface area (Å²) in [4.78, 5) is 25.7. The summed E-state index contributed by atoms with van der Waals surface area (Å²) in [6, 6.07) is 0. The second-order valence-electron chi connectivity index (χ2n) is 7.13. The molecule has 1 amide bonds. The summed E-state index contributed by atoms with van der Waals surface area (Å²) in [5.41, 5.74) is 0. The third kappa shape index (κ3) is 17.2. The van der Waals surface area contributed by atoms with Gasteiger partial charge in [0, 0.05) is 19.5 Å². The van der Waals surface area contributed by atoms with Gasteiger partial charge in [0.05, 0.1) is 5.75 Å². The fourth-order valence-electron chi connectivity index (χ4n) is 2.93. The number of carbonyl (C=O) groups excluding carboxylic acids is 2. The molecule has 28 heavy (non-hydrogen) atoms. The van der Waals surface area contributed by atoms with Crippen molar-refractivity contribution in [1.29, 1.82) is 0 Å². The molecule has 164 valence electrons. The molecule has 5 heteroatoms. The van der Waals surface area contributed by atoms with Crippen LogP contribution in [0.5, 0.6) is 0 Å². The Labute approximate surface area is 177 Å². The number of rotatable bonds is 19. The van der Waals surface area contributed by atoms with Gasteiger partial charge in [-0.1, -0.05) is 64.5 Å². The molecule has 0 aliphatic rings. The summed E-state index contributed by atoms with van der Waals surface area (Å²) in [5.74, 6) is 1.75. The Morgan fingerprint density at radius 3 is 2.32 bits per heavy atom. The van der Waals surface area contributed by atoms with E-state index in [4.69, 9.17) is 4.74 Å². The van der Waals surface area contributed by atoms with Crippen molar-refractivity contribution in [2.75, 3.05) is 31.2 Å². The molecule has 0 rings (SSSR count). The lowest BCUT2D eigenvalue weighted by Crippen LogP contribution is -2.33. The average Bonchev–Trinajstić information content (AvgIpc) is 2.70. The van der Waals surface area contributed by atoms with Crippen molar-refractivity contribution in [1.82, 2.24) is 4.90 Å². The third-order valence-corrected chi connectivity index (χ3v) is 5.56. The van der Waals surface area contributed by atoms with Crippen LogP contribution in [0.4, 0.5) is 0 Å². The van der Waals surface area contributed by atoms with Gasteiger partial charge in [-0.25, -0.2) is 0 Å². The van der Waals surface area contributed by atoms with Crippen LogP contribution >= 0.6 is 11.8 Å². The number of amides is 1. The number of nitrogens with zero attached hydrogens (tertiary/aromatic N) is 1. The van der Waals surface area contributed by atoms with E-state index in [1.54, 1.807) is 11.8 Å². The van der Waals surface area contributed by atoms with Crippen LogP contribution < -0.4 is 0 Å². The zero-order chi connectivity index (χ0) is 20.9. The van der Waals surface area contributed by atoms with Gasteiger partial charge in [-0.15, -0.1) is 0 Å². The van der Waals surface area contributed by atoms with E-state index in [0.29, 0.717) is 18.8 Å². The first-order valence-electron chi connectivity index (χ1n) is 11.3. The van der Waals surface area contributed by atoms with E-state index in [9.17, 15) is 9.59 Å². The first kappa shape index (κ1) is 27.0. The Balaban J connectivity index is 3.53. The summed E-state index contributed by atoms with van der Waals surface area (Å²) < 4.78 is 5.23. The van der Waals surface area contributed by atoms with Gasteiger partial charge < -0.3 is 9.64 Å². The molecule has 0 heterocycles. The SMILES string of the molecule is CCCCCC/C=C\COC(=O)CCCCCCCN(CC)C(=O)CSCC. The van der Waals surface area contributed by atoms with Crippen molar-refractivity contribution in [2.45, 2.75) is 91.4 Å². The predicted molar refractivity (Wildman–Crippen MR) is 122 cm³/mol. The Morgan fingerprint density at radius 1 is 0.893 bits per heavy atom. The number of ether oxygens (including phenoxy) is 1. The summed E-state index contributed by atoms with van der Waals surface area (Å²) in [6.45, 7) is 8.39. The highest BCUT2D eigenvalue weighted by atomic mass is 32.2. The largest absolute Gasteiger partial charge is 0.461 e. The van der Waals surface area contributed by atoms with Crippen molar-refractivity contribution in [3.63, 3.8) is 0 Å². The van der Waals surface area contributed by atoms with Crippen LogP contribution in [-0.2, 0) is 14.3 Å². The lowest BCUT2D eigenvalue weighted by Gasteiger charge is -2.20. The van der Waals surface area contributed by atoms with Gasteiger partial charge in [0.15, 0.2) is 0 Å². The molecule has 0 N–H and O–H groups in total. The lowest BCUT2D eigenvalue weighted by molar-refractivity contribution is -0.142. The fourth-order valence-corrected chi connectivity index (χ4v) is 3.49. The van der Waals surface area contributed by atoms with Crippen molar-refractivity contribution in [3.05, 3.63) is 12.2 Å². The molecule has 0 aliphatic carbocycles. The number of esters is 1. The Bertz CT molecular complexity index is 413. The van der Waals surface area contributed by atoms with Crippen LogP contribution in [0.15, 0.2) is 12.2 Å². The monoisotopic (exact) mass is 413 g/mol. The molecule has 0 bridgehead atoms. The van der Waals surface area contributed by atoms with Gasteiger partial charge in [0.25, 0.3) is 0 Å². The van der Waals surface area contributed by atoms with Crippen LogP contribution in [0, 0.1) is 0 Å². The summed E-state index contributed by atoms with van der Waals surface area (Å²) in [6.07, 6.45) is 16.0. The molecular weight excluding hydrogens is 370 g/mol. The van der Waals surface area contributed by atoms with Gasteiger partial charge in [-0.2, -0.15) is 11.8 Å². The summed E-state index contributed by atoms with van der Waals surface area (Å²) >= 11 is 1.69. The van der Waals surface area contributed by atoms with Gasteiger partial charge in [0.1, 0.15) is 6.61 Å². The smallest absolute Gasteiger partial charge is 0.306 e. The Kier molecular flexibility index (Phi) is 20.0. The van der Waals surface area contributed by atoms with Crippen molar-refractivity contribution < 1.29 is 14.3 Å². The molecule has 0 aromatic carbocycles. The number of unbranched alkanes of at least 4 members (excludes halogenated alkanes) is 8. The van der Waals surface area contributed by atoms with Gasteiger partial charge >= 0.3 is 5.97 Å². The minimum Gasteiger partial charge on any atom is -0.461 e. The fraction of sp³-hybridized carbons (Fsp3) is 0.826. The van der Waals surface area contributed by atoms with E-state index in [1.807, 2.05) is 17.9 Å². The van der Waals surface area contributed by atoms with E-state index in [1.165, 1.54) is 25.7 Å². The molecule has 0 saturated heterocycles. The minimum atomic E-state index is -0.0909. The highest BCUT2D eigenvalue weighted by molar-refractivity contribution is 7.99. The number of thioether (sulfide) groups is 1. The van der Waals surface area contributed by atoms with Crippen LogP contribution in [0.3, 0.4) is 0 Å². The minimum absolute atomic E-state index is 0.0909. The van der Waals surface area contributed by atoms with Crippen molar-refractivity contribution >= 4 is 23.6 Å². The maximum Gasteiger partial charge on any atom is 0.306 e. The Hall–Kier alpha value is -0.970. The molecule has 0 radical (unpaired) electrons. The third-order valence-electron chi connectivity index (χ3n) is 4.70.